The lowest BCUT2D eigenvalue weighted by Crippen LogP contribution is -2.40. The van der Waals surface area contributed by atoms with Crippen LogP contribution in [0.3, 0.4) is 0 Å². The van der Waals surface area contributed by atoms with Crippen LogP contribution in [0.25, 0.3) is 10.8 Å². The molecule has 120 valence electrons. The van der Waals surface area contributed by atoms with Crippen LogP contribution in [0.1, 0.15) is 20.3 Å². The molecule has 0 saturated carbocycles. The largest absolute Gasteiger partial charge is 0.315 e. The van der Waals surface area contributed by atoms with Gasteiger partial charge in [0.1, 0.15) is 0 Å². The lowest BCUT2D eigenvalue weighted by Gasteiger charge is -2.16. The normalized spacial score (nSPS) is 13.4. The Hall–Kier alpha value is -1.57. The number of halogens is 1. The van der Waals surface area contributed by atoms with Gasteiger partial charge in [-0.05, 0) is 26.0 Å². The molecule has 0 radical (unpaired) electrons. The summed E-state index contributed by atoms with van der Waals surface area (Å²) in [6.45, 7) is 5.14. The van der Waals surface area contributed by atoms with Crippen molar-refractivity contribution in [3.05, 3.63) is 36.4 Å². The van der Waals surface area contributed by atoms with Gasteiger partial charge < -0.3 is 5.32 Å². The maximum Gasteiger partial charge on any atom is 0.241 e. The molecule has 2 aromatic rings. The summed E-state index contributed by atoms with van der Waals surface area (Å²) in [5, 5.41) is 3.67. The van der Waals surface area contributed by atoms with Crippen LogP contribution < -0.4 is 10.0 Å². The van der Waals surface area contributed by atoms with Crippen molar-refractivity contribution in [2.45, 2.75) is 31.2 Å². The third-order valence-electron chi connectivity index (χ3n) is 3.22. The predicted molar refractivity (Wildman–Crippen MR) is 84.6 cm³/mol. The van der Waals surface area contributed by atoms with Crippen LogP contribution in [0.2, 0.25) is 0 Å². The number of nitrogens with one attached hydrogen (secondary N) is 2. The first-order valence-corrected chi connectivity index (χ1v) is 8.69. The molecule has 0 fully saturated rings. The molecule has 1 atom stereocenters. The molecular weight excluding hydrogens is 305 g/mol. The number of benzene rings is 1. The molecule has 0 aliphatic rings. The highest BCUT2D eigenvalue weighted by atomic mass is 32.2. The Morgan fingerprint density at radius 3 is 2.82 bits per heavy atom. The van der Waals surface area contributed by atoms with Crippen molar-refractivity contribution in [3.8, 4) is 0 Å². The molecule has 1 aromatic carbocycles. The third kappa shape index (κ3) is 3.79. The molecule has 22 heavy (non-hydrogen) atoms. The van der Waals surface area contributed by atoms with E-state index in [1.54, 1.807) is 19.1 Å². The maximum absolute atomic E-state index is 14.0. The van der Waals surface area contributed by atoms with Crippen LogP contribution in [-0.4, -0.2) is 32.5 Å². The molecule has 2 rings (SSSR count). The van der Waals surface area contributed by atoms with Gasteiger partial charge in [-0.2, -0.15) is 0 Å². The van der Waals surface area contributed by atoms with Gasteiger partial charge in [-0.3, -0.25) is 4.98 Å². The minimum absolute atomic E-state index is 0.0627. The Labute approximate surface area is 130 Å². The van der Waals surface area contributed by atoms with Gasteiger partial charge >= 0.3 is 0 Å². The monoisotopic (exact) mass is 325 g/mol. The fraction of sp³-hybridized carbons (Fsp3) is 0.400. The zero-order chi connectivity index (χ0) is 16.2. The van der Waals surface area contributed by atoms with Gasteiger partial charge in [-0.15, -0.1) is 0 Å². The second-order valence-electron chi connectivity index (χ2n) is 5.20. The van der Waals surface area contributed by atoms with Gasteiger partial charge in [-0.1, -0.05) is 19.1 Å². The van der Waals surface area contributed by atoms with E-state index in [9.17, 15) is 12.8 Å². The average Bonchev–Trinajstić information content (AvgIpc) is 2.47. The van der Waals surface area contributed by atoms with E-state index in [2.05, 4.69) is 15.0 Å². The van der Waals surface area contributed by atoms with E-state index in [0.29, 0.717) is 11.9 Å². The minimum atomic E-state index is -3.80. The van der Waals surface area contributed by atoms with E-state index in [0.717, 1.165) is 19.2 Å². The Balaban J connectivity index is 2.30. The minimum Gasteiger partial charge on any atom is -0.315 e. The number of rotatable bonds is 7. The van der Waals surface area contributed by atoms with Gasteiger partial charge in [0.2, 0.25) is 10.0 Å². The zero-order valence-corrected chi connectivity index (χ0v) is 13.5. The van der Waals surface area contributed by atoms with Crippen molar-refractivity contribution in [1.82, 2.24) is 15.0 Å². The highest BCUT2D eigenvalue weighted by Crippen LogP contribution is 2.24. The molecule has 0 bridgehead atoms. The van der Waals surface area contributed by atoms with Crippen LogP contribution in [-0.2, 0) is 10.0 Å². The topological polar surface area (TPSA) is 71.1 Å². The molecule has 0 spiro atoms. The van der Waals surface area contributed by atoms with Crippen LogP contribution in [0.4, 0.5) is 4.39 Å². The number of hydrogen-bond donors (Lipinski definition) is 2. The first-order chi connectivity index (χ1) is 10.5. The molecule has 1 heterocycles. The summed E-state index contributed by atoms with van der Waals surface area (Å²) in [6, 6.07) is 4.32. The summed E-state index contributed by atoms with van der Waals surface area (Å²) < 4.78 is 41.6. The molecule has 5 nitrogen and oxygen atoms in total. The molecule has 2 N–H and O–H groups in total. The summed E-state index contributed by atoms with van der Waals surface area (Å²) >= 11 is 0. The molecule has 0 unspecified atom stereocenters. The highest BCUT2D eigenvalue weighted by molar-refractivity contribution is 7.89. The maximum atomic E-state index is 14.0. The van der Waals surface area contributed by atoms with Crippen molar-refractivity contribution >= 4 is 20.8 Å². The zero-order valence-electron chi connectivity index (χ0n) is 12.6. The molecule has 0 aliphatic heterocycles. The Kier molecular flexibility index (Phi) is 5.44. The van der Waals surface area contributed by atoms with E-state index in [1.165, 1.54) is 12.3 Å². The van der Waals surface area contributed by atoms with Gasteiger partial charge in [-0.25, -0.2) is 17.5 Å². The number of sulfonamides is 1. The lowest BCUT2D eigenvalue weighted by atomic mass is 10.2. The van der Waals surface area contributed by atoms with Crippen LogP contribution in [0, 0.1) is 5.82 Å². The second-order valence-corrected chi connectivity index (χ2v) is 6.88. The standard InChI is InChI=1S/C15H20FN3O2S/c1-3-7-17-8-11(2)19-22(20,21)14-6-4-5-12-9-18-10-13(16)15(12)14/h4-6,9-11,17,19H,3,7-8H2,1-2H3/t11-/m0/s1. The molecule has 0 aliphatic carbocycles. The van der Waals surface area contributed by atoms with Crippen molar-refractivity contribution < 1.29 is 12.8 Å². The quantitative estimate of drug-likeness (QED) is 0.764. The molecular formula is C15H20FN3O2S. The lowest BCUT2D eigenvalue weighted by molar-refractivity contribution is 0.536. The number of nitrogens with zero attached hydrogens (tertiary/aromatic N) is 1. The summed E-state index contributed by atoms with van der Waals surface area (Å²) in [5.74, 6) is -0.643. The SMILES string of the molecule is CCCNC[C@H](C)NS(=O)(=O)c1cccc2cncc(F)c12. The summed E-state index contributed by atoms with van der Waals surface area (Å²) in [6.07, 6.45) is 3.44. The van der Waals surface area contributed by atoms with Crippen molar-refractivity contribution in [2.75, 3.05) is 13.1 Å². The van der Waals surface area contributed by atoms with Crippen LogP contribution in [0.15, 0.2) is 35.5 Å². The van der Waals surface area contributed by atoms with E-state index in [4.69, 9.17) is 0 Å². The van der Waals surface area contributed by atoms with E-state index < -0.39 is 15.8 Å². The number of hydrogen-bond acceptors (Lipinski definition) is 4. The van der Waals surface area contributed by atoms with Crippen molar-refractivity contribution in [2.24, 2.45) is 0 Å². The first kappa shape index (κ1) is 16.8. The van der Waals surface area contributed by atoms with Crippen LogP contribution in [0.5, 0.6) is 0 Å². The van der Waals surface area contributed by atoms with Gasteiger partial charge in [0.25, 0.3) is 0 Å². The highest BCUT2D eigenvalue weighted by Gasteiger charge is 2.21. The predicted octanol–water partition coefficient (Wildman–Crippen LogP) is 2.04. The molecule has 0 amide bonds. The summed E-state index contributed by atoms with van der Waals surface area (Å²) in [7, 11) is -3.80. The van der Waals surface area contributed by atoms with Crippen LogP contribution >= 0.6 is 0 Å². The third-order valence-corrected chi connectivity index (χ3v) is 4.85. The van der Waals surface area contributed by atoms with E-state index >= 15 is 0 Å². The van der Waals surface area contributed by atoms with Crippen molar-refractivity contribution in [1.29, 1.82) is 0 Å². The summed E-state index contributed by atoms with van der Waals surface area (Å²) in [4.78, 5) is 3.68. The number of aromatic nitrogens is 1. The fourth-order valence-corrected chi connectivity index (χ4v) is 3.73. The number of fused-ring (bicyclic) bond motifs is 1. The molecule has 0 saturated heterocycles. The first-order valence-electron chi connectivity index (χ1n) is 7.21. The fourth-order valence-electron chi connectivity index (χ4n) is 2.25. The Bertz CT molecular complexity index is 744. The Morgan fingerprint density at radius 1 is 1.32 bits per heavy atom. The van der Waals surface area contributed by atoms with Gasteiger partial charge in [0, 0.05) is 29.6 Å². The van der Waals surface area contributed by atoms with Gasteiger partial charge in [0.15, 0.2) is 5.82 Å². The van der Waals surface area contributed by atoms with Crippen molar-refractivity contribution in [3.63, 3.8) is 0 Å². The average molecular weight is 325 g/mol. The molecule has 7 heteroatoms. The Morgan fingerprint density at radius 2 is 2.09 bits per heavy atom. The second kappa shape index (κ2) is 7.13. The van der Waals surface area contributed by atoms with E-state index in [-0.39, 0.29) is 16.3 Å². The smallest absolute Gasteiger partial charge is 0.241 e. The number of pyridine rings is 1. The van der Waals surface area contributed by atoms with E-state index in [1.807, 2.05) is 6.92 Å². The molecule has 1 aromatic heterocycles. The van der Waals surface area contributed by atoms with Gasteiger partial charge in [0.05, 0.1) is 11.1 Å². The summed E-state index contributed by atoms with van der Waals surface area (Å²) in [5.41, 5.74) is 0.